The van der Waals surface area contributed by atoms with E-state index in [0.717, 1.165) is 140 Å². The Kier molecular flexibility index (Phi) is 21.0. The first-order chi connectivity index (χ1) is 47.8. The predicted molar refractivity (Wildman–Crippen MR) is 394 cm³/mol. The molecule has 0 heterocycles. The lowest BCUT2D eigenvalue weighted by atomic mass is 9.46. The molecule has 0 N–H and O–H groups in total. The fourth-order valence-electron chi connectivity index (χ4n) is 28.9. The van der Waals surface area contributed by atoms with Crippen molar-refractivity contribution in [3.8, 4) is 0 Å². The van der Waals surface area contributed by atoms with Crippen LogP contribution in [0.4, 0.5) is 0 Å². The third-order valence-electron chi connectivity index (χ3n) is 31.7. The molecule has 0 saturated heterocycles. The number of hydrogen-bond donors (Lipinski definition) is 0. The van der Waals surface area contributed by atoms with Crippen LogP contribution in [0.25, 0.3) is 0 Å². The summed E-state index contributed by atoms with van der Waals surface area (Å²) in [6.45, 7) is 37.7. The fourth-order valence-corrected chi connectivity index (χ4v) is 28.9. The van der Waals surface area contributed by atoms with Gasteiger partial charge < -0.3 is 28.4 Å². The monoisotopic (exact) mass is 1390 g/mol. The standard InChI is InChI=1S/C17H26O2.C16H24O2.C15H22O2.2C14H20O2.C13H18O2/c1-11(2)15(18)19-16(3,4)17-8-12-5-13(9-17)7-14(6-12)10-17;1-4-14(17)18-15(2,3)16-8-11-5-12(9-16)7-13(6-11)10-16;1-3-14(16)17-15(4-2)12-6-10-5-11(8-12)9-13(15)7-10;1-9(2)13(15)16-14-6-10-3-11(7-14)5-12(4-10)8-14;1-3-13(15)16-14(2)11-5-9-4-10(7-11)8-12(14)6-9;1-2-12(14)15-13-6-9-3-10(7-13)5-11(4-9)8-13/h12-14H,1,5-10H2,2-4H3;4,11-13H,1,5-10H2,2-3H3;3,10-13H,1,4-9H2,2H3;10-12H,1,3-8H2,2H3;3,9-12H,1,4-8H2,2H3;2,9-11H,1,3-8H2. The van der Waals surface area contributed by atoms with Gasteiger partial charge in [0.25, 0.3) is 0 Å². The van der Waals surface area contributed by atoms with Gasteiger partial charge in [-0.25, -0.2) is 28.8 Å². The average molecular weight is 1390 g/mol. The van der Waals surface area contributed by atoms with E-state index in [1.54, 1.807) is 13.8 Å². The summed E-state index contributed by atoms with van der Waals surface area (Å²) < 4.78 is 34.5. The summed E-state index contributed by atoms with van der Waals surface area (Å²) in [6, 6.07) is 0. The molecule has 558 valence electrons. The summed E-state index contributed by atoms with van der Waals surface area (Å²) in [6.07, 6.45) is 50.3. The van der Waals surface area contributed by atoms with Crippen molar-refractivity contribution in [3.05, 3.63) is 74.9 Å². The van der Waals surface area contributed by atoms with Gasteiger partial charge in [0.05, 0.1) is 0 Å². The largest absolute Gasteiger partial charge is 0.456 e. The zero-order chi connectivity index (χ0) is 72.0. The van der Waals surface area contributed by atoms with Crippen LogP contribution in [0.3, 0.4) is 0 Å². The smallest absolute Gasteiger partial charge is 0.333 e. The van der Waals surface area contributed by atoms with Crippen molar-refractivity contribution in [2.45, 2.75) is 314 Å². The van der Waals surface area contributed by atoms with Gasteiger partial charge >= 0.3 is 35.8 Å². The van der Waals surface area contributed by atoms with Crippen LogP contribution in [0, 0.1) is 129 Å². The molecule has 24 aliphatic carbocycles. The Morgan fingerprint density at radius 1 is 0.337 bits per heavy atom. The summed E-state index contributed by atoms with van der Waals surface area (Å²) in [5.41, 5.74) is 0.275. The molecule has 0 unspecified atom stereocenters. The molecule has 24 aliphatic rings. The van der Waals surface area contributed by atoms with E-state index in [4.69, 9.17) is 28.4 Å². The molecular weight excluding hydrogens is 1260 g/mol. The molecule has 24 rings (SSSR count). The number of carbonyl (C=O) groups excluding carboxylic acids is 6. The molecule has 24 bridgehead atoms. The van der Waals surface area contributed by atoms with Crippen LogP contribution in [0.1, 0.15) is 280 Å². The zero-order valence-electron chi connectivity index (χ0n) is 63.7. The molecule has 24 fully saturated rings. The lowest BCUT2D eigenvalue weighted by Crippen LogP contribution is -2.59. The van der Waals surface area contributed by atoms with Crippen LogP contribution in [-0.4, -0.2) is 69.4 Å². The van der Waals surface area contributed by atoms with E-state index < -0.39 is 0 Å². The first-order valence-electron chi connectivity index (χ1n) is 41.0. The van der Waals surface area contributed by atoms with Crippen LogP contribution < -0.4 is 0 Å². The Morgan fingerprint density at radius 2 is 0.594 bits per heavy atom. The first-order valence-corrected chi connectivity index (χ1v) is 41.0. The molecule has 0 atom stereocenters. The number of rotatable bonds is 15. The summed E-state index contributed by atoms with van der Waals surface area (Å²) in [7, 11) is 0. The van der Waals surface area contributed by atoms with Gasteiger partial charge in [-0.05, 0) is 392 Å². The van der Waals surface area contributed by atoms with E-state index in [0.29, 0.717) is 34.8 Å². The highest BCUT2D eigenvalue weighted by Gasteiger charge is 2.63. The molecular formula is C89H130O12. The lowest BCUT2D eigenvalue weighted by molar-refractivity contribution is -0.206. The zero-order valence-corrected chi connectivity index (χ0v) is 63.7. The molecule has 12 heteroatoms. The van der Waals surface area contributed by atoms with Crippen LogP contribution in [-0.2, 0) is 57.2 Å². The third kappa shape index (κ3) is 15.1. The molecule has 0 aromatic rings. The molecule has 0 aromatic carbocycles. The summed E-state index contributed by atoms with van der Waals surface area (Å²) in [4.78, 5) is 69.7. The maximum absolute atomic E-state index is 11.9. The minimum Gasteiger partial charge on any atom is -0.456 e. The summed E-state index contributed by atoms with van der Waals surface area (Å²) in [5, 5.41) is 0. The van der Waals surface area contributed by atoms with Gasteiger partial charge in [-0.2, -0.15) is 0 Å². The predicted octanol–water partition coefficient (Wildman–Crippen LogP) is 19.8. The van der Waals surface area contributed by atoms with E-state index in [1.807, 2.05) is 0 Å². The Bertz CT molecular complexity index is 3010. The second kappa shape index (κ2) is 28.5. The van der Waals surface area contributed by atoms with E-state index in [2.05, 4.69) is 81.0 Å². The molecule has 0 radical (unpaired) electrons. The van der Waals surface area contributed by atoms with Crippen LogP contribution in [0.5, 0.6) is 0 Å². The van der Waals surface area contributed by atoms with E-state index in [-0.39, 0.29) is 80.3 Å². The molecule has 0 spiro atoms. The van der Waals surface area contributed by atoms with Crippen molar-refractivity contribution < 1.29 is 57.2 Å². The van der Waals surface area contributed by atoms with Crippen molar-refractivity contribution in [2.24, 2.45) is 129 Å². The van der Waals surface area contributed by atoms with Crippen LogP contribution >= 0.6 is 0 Å². The van der Waals surface area contributed by atoms with Gasteiger partial charge in [0.1, 0.15) is 33.6 Å². The van der Waals surface area contributed by atoms with E-state index in [9.17, 15) is 28.8 Å². The van der Waals surface area contributed by atoms with Crippen molar-refractivity contribution in [2.75, 3.05) is 0 Å². The van der Waals surface area contributed by atoms with Gasteiger partial charge in [0, 0.05) is 46.3 Å². The van der Waals surface area contributed by atoms with Crippen molar-refractivity contribution in [1.82, 2.24) is 0 Å². The second-order valence-corrected chi connectivity index (χ2v) is 39.6. The highest BCUT2D eigenvalue weighted by Crippen LogP contribution is 2.68. The molecule has 0 amide bonds. The third-order valence-corrected chi connectivity index (χ3v) is 31.7. The molecule has 101 heavy (non-hydrogen) atoms. The molecule has 12 nitrogen and oxygen atoms in total. The Morgan fingerprint density at radius 3 is 0.891 bits per heavy atom. The summed E-state index contributed by atoms with van der Waals surface area (Å²) >= 11 is 0. The number of esters is 6. The minimum atomic E-state index is -0.348. The van der Waals surface area contributed by atoms with Gasteiger partial charge in [-0.3, -0.25) is 0 Å². The van der Waals surface area contributed by atoms with Gasteiger partial charge in [-0.15, -0.1) is 0 Å². The molecule has 0 aromatic heterocycles. The highest BCUT2D eigenvalue weighted by atomic mass is 16.6. The van der Waals surface area contributed by atoms with Crippen molar-refractivity contribution in [1.29, 1.82) is 0 Å². The first kappa shape index (κ1) is 74.5. The number of carbonyl (C=O) groups is 6. The van der Waals surface area contributed by atoms with Gasteiger partial charge in [-0.1, -0.05) is 46.4 Å². The highest BCUT2D eigenvalue weighted by molar-refractivity contribution is 5.88. The average Bonchev–Trinajstić information content (AvgIpc) is 0.751. The van der Waals surface area contributed by atoms with E-state index >= 15 is 0 Å². The molecule has 0 aliphatic heterocycles. The quantitative estimate of drug-likeness (QED) is 0.0869. The van der Waals surface area contributed by atoms with Gasteiger partial charge in [0.15, 0.2) is 0 Å². The van der Waals surface area contributed by atoms with Gasteiger partial charge in [0.2, 0.25) is 0 Å². The van der Waals surface area contributed by atoms with Crippen molar-refractivity contribution >= 4 is 35.8 Å². The topological polar surface area (TPSA) is 158 Å². The second-order valence-electron chi connectivity index (χ2n) is 39.6. The fraction of sp³-hybridized carbons (Fsp3) is 0.798. The lowest BCUT2D eigenvalue weighted by Gasteiger charge is -2.61. The normalized spacial score (nSPS) is 44.6. The Hall–Kier alpha value is -4.74. The number of ether oxygens (including phenoxy) is 6. The SMILES string of the molecule is C=C(C)C(=O)OC(C)(C)C12CC3CC(CC(C3)C1)C2.C=C(C)C(=O)OC12CC3CC(CC(C3)C1)C2.C=CC(=O)OC(C)(C)C12CC3CC(CC(C3)C1)C2.C=CC(=O)OC1(C)C2CC3CC(C2)CC1C3.C=CC(=O)OC1(CC)C2CC3CC(C2)CC1C3.C=CC(=O)OC12CC3CC(CC(C3)C1)C2. The number of hydrogen-bond acceptors (Lipinski definition) is 12. The van der Waals surface area contributed by atoms with Crippen LogP contribution in [0.2, 0.25) is 0 Å². The van der Waals surface area contributed by atoms with Crippen LogP contribution in [0.15, 0.2) is 74.9 Å². The molecule has 24 saturated carbocycles. The minimum absolute atomic E-state index is 0.0972. The Balaban J connectivity index is 0.000000109. The van der Waals surface area contributed by atoms with Crippen molar-refractivity contribution in [3.63, 3.8) is 0 Å². The van der Waals surface area contributed by atoms with E-state index in [1.165, 1.54) is 204 Å². The maximum atomic E-state index is 11.9. The Labute approximate surface area is 607 Å². The maximum Gasteiger partial charge on any atom is 0.333 e. The summed E-state index contributed by atoms with van der Waals surface area (Å²) in [5.74, 6) is 15.0.